The highest BCUT2D eigenvalue weighted by molar-refractivity contribution is 6.42. The van der Waals surface area contributed by atoms with Gasteiger partial charge in [0, 0.05) is 32.7 Å². The molecule has 5 heteroatoms. The first-order valence-electron chi connectivity index (χ1n) is 6.14. The second kappa shape index (κ2) is 6.62. The summed E-state index contributed by atoms with van der Waals surface area (Å²) < 4.78 is 5.68. The fraction of sp³-hybridized carbons (Fsp3) is 0.538. The van der Waals surface area contributed by atoms with Crippen molar-refractivity contribution in [3.63, 3.8) is 0 Å². The number of benzene rings is 1. The number of hydrogen-bond acceptors (Lipinski definition) is 3. The lowest BCUT2D eigenvalue weighted by Crippen LogP contribution is -2.45. The molecule has 18 heavy (non-hydrogen) atoms. The highest BCUT2D eigenvalue weighted by Crippen LogP contribution is 2.31. The van der Waals surface area contributed by atoms with E-state index in [4.69, 9.17) is 27.9 Å². The zero-order valence-corrected chi connectivity index (χ0v) is 12.0. The molecule has 0 spiro atoms. The first kappa shape index (κ1) is 13.9. The standard InChI is InChI=1S/C13H18Cl2N2O/c1-16-5-7-17(8-6-16)9-10-18-12-4-2-3-11(14)13(12)15/h2-4H,5-10H2,1H3. The summed E-state index contributed by atoms with van der Waals surface area (Å²) in [5.74, 6) is 0.665. The summed E-state index contributed by atoms with van der Waals surface area (Å²) in [4.78, 5) is 4.74. The predicted octanol–water partition coefficient (Wildman–Crippen LogP) is 2.62. The number of rotatable bonds is 4. The third-order valence-electron chi connectivity index (χ3n) is 3.18. The van der Waals surface area contributed by atoms with Crippen LogP contribution in [-0.2, 0) is 0 Å². The summed E-state index contributed by atoms with van der Waals surface area (Å²) in [6.45, 7) is 6.02. The van der Waals surface area contributed by atoms with E-state index in [1.165, 1.54) is 0 Å². The number of nitrogens with zero attached hydrogens (tertiary/aromatic N) is 2. The molecule has 0 atom stereocenters. The minimum Gasteiger partial charge on any atom is -0.491 e. The molecule has 3 nitrogen and oxygen atoms in total. The highest BCUT2D eigenvalue weighted by atomic mass is 35.5. The fourth-order valence-electron chi connectivity index (χ4n) is 1.95. The van der Waals surface area contributed by atoms with E-state index in [0.29, 0.717) is 22.4 Å². The zero-order chi connectivity index (χ0) is 13.0. The highest BCUT2D eigenvalue weighted by Gasteiger charge is 2.13. The molecule has 0 amide bonds. The Hall–Kier alpha value is -0.480. The van der Waals surface area contributed by atoms with Crippen LogP contribution in [-0.4, -0.2) is 56.2 Å². The number of hydrogen-bond donors (Lipinski definition) is 0. The van der Waals surface area contributed by atoms with Crippen LogP contribution in [0.4, 0.5) is 0 Å². The zero-order valence-electron chi connectivity index (χ0n) is 10.5. The molecule has 1 aliphatic rings. The second-order valence-electron chi connectivity index (χ2n) is 4.55. The van der Waals surface area contributed by atoms with E-state index in [1.54, 1.807) is 6.07 Å². The topological polar surface area (TPSA) is 15.7 Å². The first-order valence-corrected chi connectivity index (χ1v) is 6.90. The van der Waals surface area contributed by atoms with Crippen molar-refractivity contribution in [2.24, 2.45) is 0 Å². The Balaban J connectivity index is 1.77. The molecule has 0 unspecified atom stereocenters. The Kier molecular flexibility index (Phi) is 5.13. The van der Waals surface area contributed by atoms with Crippen LogP contribution in [0.25, 0.3) is 0 Å². The van der Waals surface area contributed by atoms with Gasteiger partial charge < -0.3 is 9.64 Å². The van der Waals surface area contributed by atoms with E-state index in [9.17, 15) is 0 Å². The van der Waals surface area contributed by atoms with Crippen LogP contribution < -0.4 is 4.74 Å². The lowest BCUT2D eigenvalue weighted by molar-refractivity contribution is 0.134. The molecule has 1 aromatic carbocycles. The maximum absolute atomic E-state index is 6.06. The molecule has 1 saturated heterocycles. The van der Waals surface area contributed by atoms with Gasteiger partial charge in [-0.15, -0.1) is 0 Å². The Morgan fingerprint density at radius 2 is 1.89 bits per heavy atom. The molecule has 100 valence electrons. The van der Waals surface area contributed by atoms with Gasteiger partial charge in [-0.2, -0.15) is 0 Å². The molecule has 0 N–H and O–H groups in total. The maximum atomic E-state index is 6.06. The van der Waals surface area contributed by atoms with Gasteiger partial charge in [-0.05, 0) is 19.2 Å². The summed E-state index contributed by atoms with van der Waals surface area (Å²) >= 11 is 12.0. The minimum atomic E-state index is 0.498. The third kappa shape index (κ3) is 3.75. The number of ether oxygens (including phenoxy) is 1. The van der Waals surface area contributed by atoms with Gasteiger partial charge in [-0.25, -0.2) is 0 Å². The van der Waals surface area contributed by atoms with E-state index in [2.05, 4.69) is 16.8 Å². The lowest BCUT2D eigenvalue weighted by atomic mass is 10.3. The van der Waals surface area contributed by atoms with Crippen molar-refractivity contribution in [3.8, 4) is 5.75 Å². The van der Waals surface area contributed by atoms with Crippen LogP contribution in [0.1, 0.15) is 0 Å². The molecule has 2 rings (SSSR count). The summed E-state index contributed by atoms with van der Waals surface area (Å²) in [6, 6.07) is 5.45. The van der Waals surface area contributed by atoms with Gasteiger partial charge in [0.25, 0.3) is 0 Å². The van der Waals surface area contributed by atoms with Crippen molar-refractivity contribution < 1.29 is 4.74 Å². The fourth-order valence-corrected chi connectivity index (χ4v) is 2.30. The van der Waals surface area contributed by atoms with Crippen LogP contribution in [0.3, 0.4) is 0 Å². The smallest absolute Gasteiger partial charge is 0.139 e. The third-order valence-corrected chi connectivity index (χ3v) is 3.98. The van der Waals surface area contributed by atoms with E-state index in [0.717, 1.165) is 32.7 Å². The molecule has 1 heterocycles. The van der Waals surface area contributed by atoms with E-state index < -0.39 is 0 Å². The molecule has 0 radical (unpaired) electrons. The summed E-state index contributed by atoms with van der Waals surface area (Å²) in [5, 5.41) is 1.03. The van der Waals surface area contributed by atoms with Crippen molar-refractivity contribution >= 4 is 23.2 Å². The largest absolute Gasteiger partial charge is 0.491 e. The molecule has 1 aliphatic heterocycles. The number of halogens is 2. The molecule has 1 fully saturated rings. The molecule has 0 bridgehead atoms. The monoisotopic (exact) mass is 288 g/mol. The maximum Gasteiger partial charge on any atom is 0.139 e. The second-order valence-corrected chi connectivity index (χ2v) is 5.33. The average molecular weight is 289 g/mol. The first-order chi connectivity index (χ1) is 8.66. The molecule has 0 aromatic heterocycles. The van der Waals surface area contributed by atoms with E-state index in [1.807, 2.05) is 12.1 Å². The summed E-state index contributed by atoms with van der Waals surface area (Å²) in [7, 11) is 2.15. The van der Waals surface area contributed by atoms with E-state index in [-0.39, 0.29) is 0 Å². The Labute approximate surface area is 118 Å². The average Bonchev–Trinajstić information content (AvgIpc) is 2.37. The Bertz CT molecular complexity index is 393. The number of piperazine rings is 1. The summed E-state index contributed by atoms with van der Waals surface area (Å²) in [5.41, 5.74) is 0. The van der Waals surface area contributed by atoms with Crippen LogP contribution in [0.15, 0.2) is 18.2 Å². The molecule has 1 aromatic rings. The van der Waals surface area contributed by atoms with Gasteiger partial charge in [-0.1, -0.05) is 29.3 Å². The van der Waals surface area contributed by atoms with Crippen LogP contribution in [0.5, 0.6) is 5.75 Å². The van der Waals surface area contributed by atoms with Gasteiger partial charge in [0.05, 0.1) is 5.02 Å². The van der Waals surface area contributed by atoms with Crippen LogP contribution >= 0.6 is 23.2 Å². The minimum absolute atomic E-state index is 0.498. The Morgan fingerprint density at radius 3 is 2.61 bits per heavy atom. The van der Waals surface area contributed by atoms with Crippen molar-refractivity contribution in [1.82, 2.24) is 9.80 Å². The molecular formula is C13H18Cl2N2O. The molecule has 0 saturated carbocycles. The van der Waals surface area contributed by atoms with Crippen molar-refractivity contribution in [1.29, 1.82) is 0 Å². The number of likely N-dealkylation sites (N-methyl/N-ethyl adjacent to an activating group) is 1. The van der Waals surface area contributed by atoms with Gasteiger partial charge in [0.1, 0.15) is 17.4 Å². The quantitative estimate of drug-likeness (QED) is 0.847. The Morgan fingerprint density at radius 1 is 1.17 bits per heavy atom. The molecular weight excluding hydrogens is 271 g/mol. The van der Waals surface area contributed by atoms with Gasteiger partial charge in [0.2, 0.25) is 0 Å². The van der Waals surface area contributed by atoms with Gasteiger partial charge in [-0.3, -0.25) is 4.90 Å². The van der Waals surface area contributed by atoms with Crippen LogP contribution in [0, 0.1) is 0 Å². The van der Waals surface area contributed by atoms with E-state index >= 15 is 0 Å². The van der Waals surface area contributed by atoms with Crippen molar-refractivity contribution in [3.05, 3.63) is 28.2 Å². The van der Waals surface area contributed by atoms with Gasteiger partial charge in [0.15, 0.2) is 0 Å². The normalized spacial score (nSPS) is 17.9. The SMILES string of the molecule is CN1CCN(CCOc2cccc(Cl)c2Cl)CC1. The predicted molar refractivity (Wildman–Crippen MR) is 75.9 cm³/mol. The van der Waals surface area contributed by atoms with Gasteiger partial charge >= 0.3 is 0 Å². The van der Waals surface area contributed by atoms with Crippen molar-refractivity contribution in [2.75, 3.05) is 46.4 Å². The summed E-state index contributed by atoms with van der Waals surface area (Å²) in [6.07, 6.45) is 0. The molecule has 0 aliphatic carbocycles. The van der Waals surface area contributed by atoms with Crippen molar-refractivity contribution in [2.45, 2.75) is 0 Å². The van der Waals surface area contributed by atoms with Crippen LogP contribution in [0.2, 0.25) is 10.0 Å². The lowest BCUT2D eigenvalue weighted by Gasteiger charge is -2.32.